The molecule has 0 unspecified atom stereocenters. The number of aromatic nitrogens is 2. The molecule has 170 valence electrons. The van der Waals surface area contributed by atoms with E-state index in [2.05, 4.69) is 17.0 Å². The van der Waals surface area contributed by atoms with Crippen LogP contribution in [0.15, 0.2) is 61.2 Å². The Morgan fingerprint density at radius 3 is 2.52 bits per heavy atom. The maximum atomic E-state index is 13.2. The fourth-order valence-electron chi connectivity index (χ4n) is 4.14. The molecule has 1 aliphatic heterocycles. The number of hydrogen-bond donors (Lipinski definition) is 2. The summed E-state index contributed by atoms with van der Waals surface area (Å²) in [7, 11) is 0. The summed E-state index contributed by atoms with van der Waals surface area (Å²) in [5.74, 6) is -1.10. The summed E-state index contributed by atoms with van der Waals surface area (Å²) in [6.45, 7) is 10.5. The molecule has 2 heterocycles. The van der Waals surface area contributed by atoms with E-state index >= 15 is 0 Å². The van der Waals surface area contributed by atoms with Crippen LogP contribution in [0.4, 0.5) is 4.79 Å². The molecular formula is C26H28N4O3. The highest BCUT2D eigenvalue weighted by atomic mass is 16.4. The number of carboxylic acids is 1. The Bertz CT molecular complexity index is 1230. The first-order chi connectivity index (χ1) is 15.7. The third kappa shape index (κ3) is 4.39. The zero-order valence-electron chi connectivity index (χ0n) is 19.1. The molecule has 7 nitrogen and oxygen atoms in total. The molecule has 2 aromatic carbocycles. The van der Waals surface area contributed by atoms with Crippen LogP contribution in [0.25, 0.3) is 11.3 Å². The number of urea groups is 1. The molecule has 2 N–H and O–H groups in total. The summed E-state index contributed by atoms with van der Waals surface area (Å²) in [4.78, 5) is 26.7. The molecule has 0 spiro atoms. The first-order valence-electron chi connectivity index (χ1n) is 10.9. The first-order valence-corrected chi connectivity index (χ1v) is 10.9. The van der Waals surface area contributed by atoms with Crippen LogP contribution in [0.2, 0.25) is 0 Å². The minimum absolute atomic E-state index is 0.0141. The molecule has 0 aliphatic carbocycles. The Morgan fingerprint density at radius 2 is 1.85 bits per heavy atom. The van der Waals surface area contributed by atoms with Gasteiger partial charge in [-0.25, -0.2) is 14.3 Å². The van der Waals surface area contributed by atoms with Gasteiger partial charge in [0.1, 0.15) is 0 Å². The Labute approximate surface area is 193 Å². The van der Waals surface area contributed by atoms with E-state index in [1.165, 1.54) is 0 Å². The van der Waals surface area contributed by atoms with Gasteiger partial charge in [-0.05, 0) is 50.1 Å². The summed E-state index contributed by atoms with van der Waals surface area (Å²) in [6, 6.07) is 17.2. The second-order valence-electron chi connectivity index (χ2n) is 8.91. The van der Waals surface area contributed by atoms with Crippen LogP contribution in [0.5, 0.6) is 0 Å². The fourth-order valence-corrected chi connectivity index (χ4v) is 4.14. The van der Waals surface area contributed by atoms with E-state index in [1.807, 2.05) is 75.4 Å². The van der Waals surface area contributed by atoms with Crippen LogP contribution in [-0.2, 0) is 18.5 Å². The number of fused-ring (bicyclic) bond motifs is 1. The van der Waals surface area contributed by atoms with Gasteiger partial charge in [0.2, 0.25) is 0 Å². The molecule has 0 saturated heterocycles. The SMILES string of the molecule is C=C(C)c1cccc(C(C)(C)NC(=O)N2CCc3c(c(C(=O)O)nn3-c3ccccc3)C2)c1. The second kappa shape index (κ2) is 8.58. The zero-order chi connectivity index (χ0) is 23.8. The Balaban J connectivity index is 1.58. The number of rotatable bonds is 5. The maximum Gasteiger partial charge on any atom is 0.356 e. The molecule has 0 fully saturated rings. The van der Waals surface area contributed by atoms with E-state index in [4.69, 9.17) is 0 Å². The van der Waals surface area contributed by atoms with Gasteiger partial charge >= 0.3 is 12.0 Å². The second-order valence-corrected chi connectivity index (χ2v) is 8.91. The van der Waals surface area contributed by atoms with E-state index < -0.39 is 11.5 Å². The van der Waals surface area contributed by atoms with Crippen LogP contribution < -0.4 is 5.32 Å². The highest BCUT2D eigenvalue weighted by Gasteiger charge is 2.32. The van der Waals surface area contributed by atoms with E-state index in [9.17, 15) is 14.7 Å². The number of carbonyl (C=O) groups is 2. The molecule has 0 bridgehead atoms. The Kier molecular flexibility index (Phi) is 5.80. The van der Waals surface area contributed by atoms with E-state index in [0.717, 1.165) is 28.1 Å². The van der Waals surface area contributed by atoms with Gasteiger partial charge in [0.15, 0.2) is 5.69 Å². The van der Waals surface area contributed by atoms with Gasteiger partial charge in [-0.15, -0.1) is 0 Å². The number of benzene rings is 2. The van der Waals surface area contributed by atoms with Crippen molar-refractivity contribution in [1.29, 1.82) is 0 Å². The lowest BCUT2D eigenvalue weighted by Crippen LogP contribution is -2.49. The highest BCUT2D eigenvalue weighted by Crippen LogP contribution is 2.27. The number of amides is 2. The van der Waals surface area contributed by atoms with E-state index in [-0.39, 0.29) is 18.3 Å². The summed E-state index contributed by atoms with van der Waals surface area (Å²) < 4.78 is 1.68. The summed E-state index contributed by atoms with van der Waals surface area (Å²) in [6.07, 6.45) is 0.517. The first kappa shape index (κ1) is 22.3. The van der Waals surface area contributed by atoms with Gasteiger partial charge in [-0.2, -0.15) is 5.10 Å². The monoisotopic (exact) mass is 444 g/mol. The van der Waals surface area contributed by atoms with Crippen molar-refractivity contribution >= 4 is 17.6 Å². The Hall–Kier alpha value is -3.87. The number of nitrogens with one attached hydrogen (secondary N) is 1. The molecular weight excluding hydrogens is 416 g/mol. The van der Waals surface area contributed by atoms with Crippen LogP contribution in [0.3, 0.4) is 0 Å². The molecule has 0 saturated carbocycles. The van der Waals surface area contributed by atoms with Crippen molar-refractivity contribution in [2.45, 2.75) is 39.3 Å². The van der Waals surface area contributed by atoms with Crippen molar-refractivity contribution in [3.05, 3.63) is 89.3 Å². The normalized spacial score (nSPS) is 13.4. The lowest BCUT2D eigenvalue weighted by molar-refractivity contribution is 0.0687. The molecule has 1 aromatic heterocycles. The largest absolute Gasteiger partial charge is 0.476 e. The molecule has 2 amide bonds. The number of para-hydroxylation sites is 1. The number of nitrogens with zero attached hydrogens (tertiary/aromatic N) is 3. The van der Waals surface area contributed by atoms with Gasteiger partial charge in [0.25, 0.3) is 0 Å². The van der Waals surface area contributed by atoms with Crippen molar-refractivity contribution in [2.75, 3.05) is 6.54 Å². The third-order valence-electron chi connectivity index (χ3n) is 6.04. The van der Waals surface area contributed by atoms with Crippen molar-refractivity contribution < 1.29 is 14.7 Å². The van der Waals surface area contributed by atoms with Gasteiger partial charge in [0.05, 0.1) is 23.5 Å². The molecule has 3 aromatic rings. The number of carboxylic acid groups (broad SMARTS) is 1. The zero-order valence-corrected chi connectivity index (χ0v) is 19.1. The predicted molar refractivity (Wildman–Crippen MR) is 127 cm³/mol. The highest BCUT2D eigenvalue weighted by molar-refractivity contribution is 5.88. The average molecular weight is 445 g/mol. The summed E-state index contributed by atoms with van der Waals surface area (Å²) >= 11 is 0. The minimum atomic E-state index is -1.10. The van der Waals surface area contributed by atoms with Crippen molar-refractivity contribution in [3.63, 3.8) is 0 Å². The topological polar surface area (TPSA) is 87.5 Å². The van der Waals surface area contributed by atoms with Gasteiger partial charge in [0, 0.05) is 18.5 Å². The van der Waals surface area contributed by atoms with Crippen molar-refractivity contribution in [1.82, 2.24) is 20.0 Å². The van der Waals surface area contributed by atoms with Gasteiger partial charge in [-0.1, -0.05) is 48.6 Å². The lowest BCUT2D eigenvalue weighted by atomic mass is 9.91. The van der Waals surface area contributed by atoms with E-state index in [0.29, 0.717) is 18.5 Å². The van der Waals surface area contributed by atoms with Crippen LogP contribution >= 0.6 is 0 Å². The average Bonchev–Trinajstić information content (AvgIpc) is 3.18. The summed E-state index contributed by atoms with van der Waals surface area (Å²) in [5, 5.41) is 17.2. The van der Waals surface area contributed by atoms with E-state index in [1.54, 1.807) is 9.58 Å². The molecule has 4 rings (SSSR count). The van der Waals surface area contributed by atoms with Crippen LogP contribution in [0, 0.1) is 0 Å². The lowest BCUT2D eigenvalue weighted by Gasteiger charge is -2.33. The summed E-state index contributed by atoms with van der Waals surface area (Å²) in [5.41, 5.74) is 4.53. The standard InChI is InChI=1S/C26H28N4O3/c1-17(2)18-9-8-10-19(15-18)26(3,4)27-25(33)29-14-13-22-21(16-29)23(24(31)32)28-30(22)20-11-6-5-7-12-20/h5-12,15H,1,13-14,16H2,2-4H3,(H,27,33)(H,31,32). The maximum absolute atomic E-state index is 13.2. The molecule has 7 heteroatoms. The van der Waals surface area contributed by atoms with Gasteiger partial charge in [-0.3, -0.25) is 0 Å². The smallest absolute Gasteiger partial charge is 0.356 e. The fraction of sp³-hybridized carbons (Fsp3) is 0.269. The number of hydrogen-bond acceptors (Lipinski definition) is 3. The third-order valence-corrected chi connectivity index (χ3v) is 6.04. The predicted octanol–water partition coefficient (Wildman–Crippen LogP) is 4.61. The van der Waals surface area contributed by atoms with Crippen molar-refractivity contribution in [2.24, 2.45) is 0 Å². The number of aromatic carboxylic acids is 1. The number of carbonyl (C=O) groups excluding carboxylic acids is 1. The number of allylic oxidation sites excluding steroid dienone is 1. The quantitative estimate of drug-likeness (QED) is 0.602. The van der Waals surface area contributed by atoms with Gasteiger partial charge < -0.3 is 15.3 Å². The van der Waals surface area contributed by atoms with Crippen LogP contribution in [-0.4, -0.2) is 38.3 Å². The minimum Gasteiger partial charge on any atom is -0.476 e. The molecule has 0 radical (unpaired) electrons. The molecule has 0 atom stereocenters. The molecule has 1 aliphatic rings. The molecule has 33 heavy (non-hydrogen) atoms. The Morgan fingerprint density at radius 1 is 1.12 bits per heavy atom. The van der Waals surface area contributed by atoms with Crippen molar-refractivity contribution in [3.8, 4) is 5.69 Å². The van der Waals surface area contributed by atoms with Crippen LogP contribution in [0.1, 0.15) is 53.6 Å².